The first-order chi connectivity index (χ1) is 7.43. The lowest BCUT2D eigenvalue weighted by Gasteiger charge is -2.31. The quantitative estimate of drug-likeness (QED) is 0.848. The van der Waals surface area contributed by atoms with Crippen molar-refractivity contribution in [1.82, 2.24) is 15.3 Å². The van der Waals surface area contributed by atoms with E-state index in [1.165, 1.54) is 0 Å². The average molecular weight is 221 g/mol. The molecule has 3 heteroatoms. The van der Waals surface area contributed by atoms with Crippen molar-refractivity contribution in [2.75, 3.05) is 6.54 Å². The van der Waals surface area contributed by atoms with Gasteiger partial charge in [-0.1, -0.05) is 27.7 Å². The summed E-state index contributed by atoms with van der Waals surface area (Å²) >= 11 is 0. The molecule has 0 radical (unpaired) electrons. The first-order valence-corrected chi connectivity index (χ1v) is 5.95. The minimum Gasteiger partial charge on any atom is -0.313 e. The Kier molecular flexibility index (Phi) is 4.42. The van der Waals surface area contributed by atoms with E-state index in [2.05, 4.69) is 43.0 Å². The normalized spacial score (nSPS) is 13.8. The van der Waals surface area contributed by atoms with Gasteiger partial charge in [0.2, 0.25) is 0 Å². The second-order valence-electron chi connectivity index (χ2n) is 5.29. The van der Waals surface area contributed by atoms with Crippen LogP contribution in [0.1, 0.15) is 39.2 Å². The molecule has 1 aromatic heterocycles. The molecule has 0 aliphatic carbocycles. The van der Waals surface area contributed by atoms with Crippen LogP contribution in [0.5, 0.6) is 0 Å². The standard InChI is InChI=1S/C13H23N3/c1-6-14-11(13(3,4)5)9-12-15-8-7-10(2)16-12/h7-8,11,14H,6,9H2,1-5H3. The second-order valence-corrected chi connectivity index (χ2v) is 5.29. The van der Waals surface area contributed by atoms with Crippen molar-refractivity contribution in [2.24, 2.45) is 5.41 Å². The minimum absolute atomic E-state index is 0.225. The Morgan fingerprint density at radius 2 is 2.06 bits per heavy atom. The number of hydrogen-bond donors (Lipinski definition) is 1. The Morgan fingerprint density at radius 3 is 2.56 bits per heavy atom. The van der Waals surface area contributed by atoms with Crippen molar-refractivity contribution in [2.45, 2.75) is 47.1 Å². The molecule has 1 N–H and O–H groups in total. The van der Waals surface area contributed by atoms with E-state index in [1.54, 1.807) is 0 Å². The number of nitrogens with one attached hydrogen (secondary N) is 1. The number of hydrogen-bond acceptors (Lipinski definition) is 3. The first-order valence-electron chi connectivity index (χ1n) is 5.95. The van der Waals surface area contributed by atoms with Crippen LogP contribution in [-0.2, 0) is 6.42 Å². The summed E-state index contributed by atoms with van der Waals surface area (Å²) in [5.74, 6) is 0.931. The van der Waals surface area contributed by atoms with E-state index in [0.717, 1.165) is 24.5 Å². The van der Waals surface area contributed by atoms with E-state index in [0.29, 0.717) is 6.04 Å². The third-order valence-electron chi connectivity index (χ3n) is 2.73. The van der Waals surface area contributed by atoms with Gasteiger partial charge in [0.25, 0.3) is 0 Å². The summed E-state index contributed by atoms with van der Waals surface area (Å²) in [7, 11) is 0. The van der Waals surface area contributed by atoms with Crippen molar-refractivity contribution in [3.05, 3.63) is 23.8 Å². The van der Waals surface area contributed by atoms with E-state index in [9.17, 15) is 0 Å². The number of aromatic nitrogens is 2. The predicted molar refractivity (Wildman–Crippen MR) is 67.4 cm³/mol. The zero-order valence-corrected chi connectivity index (χ0v) is 11.0. The predicted octanol–water partition coefficient (Wildman–Crippen LogP) is 2.35. The van der Waals surface area contributed by atoms with E-state index >= 15 is 0 Å². The lowest BCUT2D eigenvalue weighted by molar-refractivity contribution is 0.267. The van der Waals surface area contributed by atoms with Gasteiger partial charge in [0, 0.05) is 24.4 Å². The molecule has 1 aromatic rings. The van der Waals surface area contributed by atoms with Crippen LogP contribution < -0.4 is 5.32 Å². The molecule has 0 spiro atoms. The maximum absolute atomic E-state index is 4.46. The van der Waals surface area contributed by atoms with Gasteiger partial charge in [-0.3, -0.25) is 0 Å². The van der Waals surface area contributed by atoms with Crippen molar-refractivity contribution in [1.29, 1.82) is 0 Å². The fourth-order valence-corrected chi connectivity index (χ4v) is 1.71. The van der Waals surface area contributed by atoms with Crippen molar-refractivity contribution < 1.29 is 0 Å². The Bertz CT molecular complexity index is 328. The molecule has 0 aliphatic rings. The van der Waals surface area contributed by atoms with Gasteiger partial charge in [-0.15, -0.1) is 0 Å². The second kappa shape index (κ2) is 5.39. The van der Waals surface area contributed by atoms with Gasteiger partial charge in [0.1, 0.15) is 5.82 Å². The molecule has 0 saturated heterocycles. The molecule has 1 heterocycles. The van der Waals surface area contributed by atoms with Crippen LogP contribution in [0, 0.1) is 12.3 Å². The highest BCUT2D eigenvalue weighted by Crippen LogP contribution is 2.21. The molecule has 1 atom stereocenters. The largest absolute Gasteiger partial charge is 0.313 e. The van der Waals surface area contributed by atoms with Gasteiger partial charge in [0.05, 0.1) is 0 Å². The molecule has 0 amide bonds. The van der Waals surface area contributed by atoms with Crippen LogP contribution in [0.3, 0.4) is 0 Å². The lowest BCUT2D eigenvalue weighted by atomic mass is 9.84. The summed E-state index contributed by atoms with van der Waals surface area (Å²) in [5, 5.41) is 3.51. The third-order valence-corrected chi connectivity index (χ3v) is 2.73. The van der Waals surface area contributed by atoms with Crippen LogP contribution in [0.25, 0.3) is 0 Å². The molecule has 3 nitrogen and oxygen atoms in total. The SMILES string of the molecule is CCNC(Cc1nccc(C)n1)C(C)(C)C. The number of aryl methyl sites for hydroxylation is 1. The zero-order chi connectivity index (χ0) is 12.2. The van der Waals surface area contributed by atoms with Crippen molar-refractivity contribution in [3.8, 4) is 0 Å². The van der Waals surface area contributed by atoms with Crippen LogP contribution in [0.15, 0.2) is 12.3 Å². The summed E-state index contributed by atoms with van der Waals surface area (Å²) in [6.45, 7) is 11.9. The molecular formula is C13H23N3. The maximum Gasteiger partial charge on any atom is 0.130 e. The molecule has 0 bridgehead atoms. The van der Waals surface area contributed by atoms with Gasteiger partial charge >= 0.3 is 0 Å². The van der Waals surface area contributed by atoms with E-state index in [4.69, 9.17) is 0 Å². The van der Waals surface area contributed by atoms with Crippen LogP contribution in [0.4, 0.5) is 0 Å². The highest BCUT2D eigenvalue weighted by Gasteiger charge is 2.24. The van der Waals surface area contributed by atoms with Crippen LogP contribution >= 0.6 is 0 Å². The molecule has 16 heavy (non-hydrogen) atoms. The Morgan fingerprint density at radius 1 is 1.38 bits per heavy atom. The number of nitrogens with zero attached hydrogens (tertiary/aromatic N) is 2. The summed E-state index contributed by atoms with van der Waals surface area (Å²) in [5.41, 5.74) is 1.26. The van der Waals surface area contributed by atoms with Gasteiger partial charge in [-0.25, -0.2) is 9.97 Å². The van der Waals surface area contributed by atoms with Gasteiger partial charge < -0.3 is 5.32 Å². The maximum atomic E-state index is 4.46. The zero-order valence-electron chi connectivity index (χ0n) is 11.0. The van der Waals surface area contributed by atoms with Crippen molar-refractivity contribution >= 4 is 0 Å². The molecule has 1 rings (SSSR count). The smallest absolute Gasteiger partial charge is 0.130 e. The van der Waals surface area contributed by atoms with E-state index in [-0.39, 0.29) is 5.41 Å². The van der Waals surface area contributed by atoms with Crippen LogP contribution in [-0.4, -0.2) is 22.6 Å². The molecule has 90 valence electrons. The topological polar surface area (TPSA) is 37.8 Å². The summed E-state index contributed by atoms with van der Waals surface area (Å²) < 4.78 is 0. The minimum atomic E-state index is 0.225. The summed E-state index contributed by atoms with van der Waals surface area (Å²) in [6, 6.07) is 2.35. The van der Waals surface area contributed by atoms with Crippen molar-refractivity contribution in [3.63, 3.8) is 0 Å². The highest BCUT2D eigenvalue weighted by molar-refractivity contribution is 5.02. The molecule has 0 saturated carbocycles. The monoisotopic (exact) mass is 221 g/mol. The summed E-state index contributed by atoms with van der Waals surface area (Å²) in [4.78, 5) is 8.78. The Labute approximate surface area is 98.7 Å². The van der Waals surface area contributed by atoms with E-state index in [1.807, 2.05) is 19.2 Å². The molecule has 0 aliphatic heterocycles. The number of likely N-dealkylation sites (N-methyl/N-ethyl adjacent to an activating group) is 1. The molecule has 0 aromatic carbocycles. The molecule has 1 unspecified atom stereocenters. The first kappa shape index (κ1) is 13.1. The van der Waals surface area contributed by atoms with E-state index < -0.39 is 0 Å². The fourth-order valence-electron chi connectivity index (χ4n) is 1.71. The van der Waals surface area contributed by atoms with Gasteiger partial charge in [-0.05, 0) is 24.9 Å². The third kappa shape index (κ3) is 3.89. The van der Waals surface area contributed by atoms with Gasteiger partial charge in [-0.2, -0.15) is 0 Å². The Balaban J connectivity index is 2.76. The molecule has 0 fully saturated rings. The van der Waals surface area contributed by atoms with Crippen LogP contribution in [0.2, 0.25) is 0 Å². The van der Waals surface area contributed by atoms with Gasteiger partial charge in [0.15, 0.2) is 0 Å². The lowest BCUT2D eigenvalue weighted by Crippen LogP contribution is -2.42. The highest BCUT2D eigenvalue weighted by atomic mass is 14.9. The summed E-state index contributed by atoms with van der Waals surface area (Å²) in [6.07, 6.45) is 2.72. The fraction of sp³-hybridized carbons (Fsp3) is 0.692. The average Bonchev–Trinajstić information content (AvgIpc) is 2.16. The Hall–Kier alpha value is -0.960. The molecular weight excluding hydrogens is 198 g/mol. The number of rotatable bonds is 4.